The van der Waals surface area contributed by atoms with Crippen LogP contribution in [-0.2, 0) is 4.79 Å². The van der Waals surface area contributed by atoms with Gasteiger partial charge in [0.25, 0.3) is 0 Å². The van der Waals surface area contributed by atoms with Crippen LogP contribution in [0.25, 0.3) is 0 Å². The monoisotopic (exact) mass is 340 g/mol. The van der Waals surface area contributed by atoms with Crippen molar-refractivity contribution in [1.29, 1.82) is 0 Å². The Balaban J connectivity index is 0. The van der Waals surface area contributed by atoms with Gasteiger partial charge in [-0.1, -0.05) is 12.2 Å². The van der Waals surface area contributed by atoms with Crippen LogP contribution >= 0.6 is 24.0 Å². The fraction of sp³-hybridized carbons (Fsp3) is 0.600. The second kappa shape index (κ2) is 7.48. The Hall–Kier alpha value is -0.790. The topological polar surface area (TPSA) is 93.5 Å². The van der Waals surface area contributed by atoms with Gasteiger partial charge >= 0.3 is 0 Å². The average molecular weight is 340 g/mol. The molecule has 0 heterocycles. The van der Waals surface area contributed by atoms with E-state index in [0.717, 1.165) is 5.57 Å². The van der Waals surface area contributed by atoms with Crippen LogP contribution in [0.2, 0.25) is 0 Å². The number of nitrogens with two attached hydrogens (primary N) is 2. The standard InChI is InChI=1S/C10H20N4O.HI/c1-7(2)5-13-9(12)14-6-10(3,4)8(11)15;/h1,5-6H2,2-4H3,(H2,11,15)(H3,12,13,14);1H. The van der Waals surface area contributed by atoms with Crippen molar-refractivity contribution >= 4 is 35.8 Å². The molecule has 5 nitrogen and oxygen atoms in total. The molecule has 0 bridgehead atoms. The minimum atomic E-state index is -0.671. The average Bonchev–Trinajstić information content (AvgIpc) is 2.11. The van der Waals surface area contributed by atoms with Crippen molar-refractivity contribution in [2.24, 2.45) is 21.9 Å². The van der Waals surface area contributed by atoms with Crippen molar-refractivity contribution in [1.82, 2.24) is 5.32 Å². The molecule has 0 aliphatic heterocycles. The van der Waals surface area contributed by atoms with Crippen molar-refractivity contribution < 1.29 is 4.79 Å². The summed E-state index contributed by atoms with van der Waals surface area (Å²) >= 11 is 0. The molecule has 6 heteroatoms. The molecule has 0 spiro atoms. The van der Waals surface area contributed by atoms with E-state index >= 15 is 0 Å². The zero-order valence-electron chi connectivity index (χ0n) is 10.0. The Kier molecular flexibility index (Phi) is 8.23. The van der Waals surface area contributed by atoms with Crippen LogP contribution in [0, 0.1) is 5.41 Å². The molecule has 0 unspecified atom stereocenters. The lowest BCUT2D eigenvalue weighted by Crippen LogP contribution is -2.37. The molecule has 0 aromatic carbocycles. The van der Waals surface area contributed by atoms with Crippen LogP contribution in [0.3, 0.4) is 0 Å². The van der Waals surface area contributed by atoms with Crippen molar-refractivity contribution in [3.8, 4) is 0 Å². The van der Waals surface area contributed by atoms with Gasteiger partial charge < -0.3 is 16.8 Å². The van der Waals surface area contributed by atoms with E-state index in [-0.39, 0.29) is 36.4 Å². The number of carbonyl (C=O) groups is 1. The number of rotatable bonds is 5. The molecule has 0 atom stereocenters. The largest absolute Gasteiger partial charge is 0.370 e. The summed E-state index contributed by atoms with van der Waals surface area (Å²) in [6.07, 6.45) is 0. The molecule has 16 heavy (non-hydrogen) atoms. The Morgan fingerprint density at radius 2 is 1.94 bits per heavy atom. The maximum atomic E-state index is 11.0. The number of primary amides is 1. The van der Waals surface area contributed by atoms with Gasteiger partial charge in [0.2, 0.25) is 5.91 Å². The van der Waals surface area contributed by atoms with E-state index < -0.39 is 5.41 Å². The molecule has 0 radical (unpaired) electrons. The summed E-state index contributed by atoms with van der Waals surface area (Å²) < 4.78 is 0. The van der Waals surface area contributed by atoms with Gasteiger partial charge in [-0.2, -0.15) is 0 Å². The Labute approximate surface area is 114 Å². The molecule has 0 aliphatic carbocycles. The second-order valence-electron chi connectivity index (χ2n) is 4.26. The van der Waals surface area contributed by atoms with E-state index in [9.17, 15) is 4.79 Å². The molecular weight excluding hydrogens is 319 g/mol. The summed E-state index contributed by atoms with van der Waals surface area (Å²) in [6.45, 7) is 9.90. The summed E-state index contributed by atoms with van der Waals surface area (Å²) in [5, 5.41) is 2.87. The minimum absolute atomic E-state index is 0. The first-order valence-corrected chi connectivity index (χ1v) is 4.74. The number of hydrogen-bond acceptors (Lipinski definition) is 2. The highest BCUT2D eigenvalue weighted by Gasteiger charge is 2.24. The molecule has 5 N–H and O–H groups in total. The molecule has 0 saturated carbocycles. The molecule has 0 aliphatic rings. The number of aliphatic imine (C=N–C) groups is 1. The maximum absolute atomic E-state index is 11.0. The van der Waals surface area contributed by atoms with Gasteiger partial charge in [-0.3, -0.25) is 9.79 Å². The Morgan fingerprint density at radius 3 is 2.31 bits per heavy atom. The van der Waals surface area contributed by atoms with Gasteiger partial charge in [0.1, 0.15) is 0 Å². The number of hydrogen-bond donors (Lipinski definition) is 3. The lowest BCUT2D eigenvalue weighted by Gasteiger charge is -2.17. The predicted molar refractivity (Wildman–Crippen MR) is 77.7 cm³/mol. The SMILES string of the molecule is C=C(C)CNC(N)=NCC(C)(C)C(N)=O.I. The molecule has 0 saturated heterocycles. The maximum Gasteiger partial charge on any atom is 0.224 e. The third-order valence-corrected chi connectivity index (χ3v) is 1.88. The van der Waals surface area contributed by atoms with E-state index in [1.807, 2.05) is 6.92 Å². The zero-order chi connectivity index (χ0) is 12.1. The molecule has 0 fully saturated rings. The molecule has 0 aromatic heterocycles. The smallest absolute Gasteiger partial charge is 0.224 e. The van der Waals surface area contributed by atoms with Crippen LogP contribution < -0.4 is 16.8 Å². The fourth-order valence-corrected chi connectivity index (χ4v) is 0.658. The number of amides is 1. The third-order valence-electron chi connectivity index (χ3n) is 1.88. The van der Waals surface area contributed by atoms with Crippen LogP contribution in [-0.4, -0.2) is 25.0 Å². The Morgan fingerprint density at radius 1 is 1.44 bits per heavy atom. The van der Waals surface area contributed by atoms with Gasteiger partial charge in [-0.25, -0.2) is 0 Å². The molecule has 0 rings (SSSR count). The van der Waals surface area contributed by atoms with Gasteiger partial charge in [-0.15, -0.1) is 24.0 Å². The first-order valence-electron chi connectivity index (χ1n) is 4.74. The van der Waals surface area contributed by atoms with Gasteiger partial charge in [0.05, 0.1) is 12.0 Å². The van der Waals surface area contributed by atoms with E-state index in [1.54, 1.807) is 13.8 Å². The highest BCUT2D eigenvalue weighted by atomic mass is 127. The second-order valence-corrected chi connectivity index (χ2v) is 4.26. The number of halogens is 1. The van der Waals surface area contributed by atoms with Crippen LogP contribution in [0.1, 0.15) is 20.8 Å². The summed E-state index contributed by atoms with van der Waals surface area (Å²) in [4.78, 5) is 15.0. The normalized spacial score (nSPS) is 11.6. The van der Waals surface area contributed by atoms with E-state index in [0.29, 0.717) is 12.5 Å². The summed E-state index contributed by atoms with van der Waals surface area (Å²) in [7, 11) is 0. The van der Waals surface area contributed by atoms with Crippen LogP contribution in [0.15, 0.2) is 17.1 Å². The molecular formula is C10H21IN4O. The Bertz CT molecular complexity index is 287. The lowest BCUT2D eigenvalue weighted by atomic mass is 9.93. The van der Waals surface area contributed by atoms with Crippen molar-refractivity contribution in [2.75, 3.05) is 13.1 Å². The van der Waals surface area contributed by atoms with E-state index in [1.165, 1.54) is 0 Å². The van der Waals surface area contributed by atoms with Gasteiger partial charge in [0, 0.05) is 6.54 Å². The number of guanidine groups is 1. The molecule has 94 valence electrons. The molecule has 0 aromatic rings. The van der Waals surface area contributed by atoms with Crippen molar-refractivity contribution in [3.05, 3.63) is 12.2 Å². The first kappa shape index (κ1) is 17.6. The number of carbonyl (C=O) groups excluding carboxylic acids is 1. The first-order chi connectivity index (χ1) is 6.75. The van der Waals surface area contributed by atoms with Crippen molar-refractivity contribution in [3.63, 3.8) is 0 Å². The highest BCUT2D eigenvalue weighted by molar-refractivity contribution is 14.0. The fourth-order valence-electron chi connectivity index (χ4n) is 0.658. The van der Waals surface area contributed by atoms with Crippen LogP contribution in [0.5, 0.6) is 0 Å². The van der Waals surface area contributed by atoms with E-state index in [4.69, 9.17) is 11.5 Å². The number of nitrogens with zero attached hydrogens (tertiary/aromatic N) is 1. The van der Waals surface area contributed by atoms with Gasteiger partial charge in [-0.05, 0) is 20.8 Å². The van der Waals surface area contributed by atoms with Crippen molar-refractivity contribution in [2.45, 2.75) is 20.8 Å². The summed E-state index contributed by atoms with van der Waals surface area (Å²) in [5.74, 6) is -0.0914. The van der Waals surface area contributed by atoms with Gasteiger partial charge in [0.15, 0.2) is 5.96 Å². The summed E-state index contributed by atoms with van der Waals surface area (Å²) in [6, 6.07) is 0. The van der Waals surface area contributed by atoms with Crippen LogP contribution in [0.4, 0.5) is 0 Å². The predicted octanol–water partition coefficient (Wildman–Crippen LogP) is 0.596. The third kappa shape index (κ3) is 7.49. The number of nitrogens with one attached hydrogen (secondary N) is 1. The quantitative estimate of drug-likeness (QED) is 0.296. The zero-order valence-corrected chi connectivity index (χ0v) is 12.4. The minimum Gasteiger partial charge on any atom is -0.370 e. The lowest BCUT2D eigenvalue weighted by molar-refractivity contribution is -0.125. The van der Waals surface area contributed by atoms with E-state index in [2.05, 4.69) is 16.9 Å². The molecule has 1 amide bonds. The highest BCUT2D eigenvalue weighted by Crippen LogP contribution is 2.13. The summed E-state index contributed by atoms with van der Waals surface area (Å²) in [5.41, 5.74) is 11.1.